The van der Waals surface area contributed by atoms with Crippen molar-refractivity contribution in [1.82, 2.24) is 10.2 Å². The summed E-state index contributed by atoms with van der Waals surface area (Å²) >= 11 is 1.34. The van der Waals surface area contributed by atoms with E-state index in [0.717, 1.165) is 24.2 Å². The molecule has 1 aliphatic heterocycles. The summed E-state index contributed by atoms with van der Waals surface area (Å²) in [7, 11) is 1.52. The molecule has 2 heterocycles. The van der Waals surface area contributed by atoms with Crippen LogP contribution in [0.15, 0.2) is 18.2 Å². The number of likely N-dealkylation sites (tertiary alicyclic amines) is 1. The molecule has 1 saturated heterocycles. The summed E-state index contributed by atoms with van der Waals surface area (Å²) in [6.45, 7) is 4.82. The minimum Gasteiger partial charge on any atom is -0.494 e. The standard InChI is InChI=1S/C19H25FN2O2S/c1-3-14-6-4-5-10-22(14)11-9-21-19(23)18-17(24-2)15-12-13(20)7-8-16(15)25-18/h7-8,12,14H,3-6,9-11H2,1-2H3,(H,21,23). The highest BCUT2D eigenvalue weighted by atomic mass is 32.1. The topological polar surface area (TPSA) is 41.6 Å². The zero-order chi connectivity index (χ0) is 17.8. The van der Waals surface area contributed by atoms with Crippen molar-refractivity contribution in [2.75, 3.05) is 26.7 Å². The lowest BCUT2D eigenvalue weighted by molar-refractivity contribution is 0.0935. The van der Waals surface area contributed by atoms with Gasteiger partial charge in [-0.05, 0) is 44.0 Å². The zero-order valence-electron chi connectivity index (χ0n) is 14.8. The number of fused-ring (bicyclic) bond motifs is 1. The maximum absolute atomic E-state index is 13.5. The molecular weight excluding hydrogens is 339 g/mol. The average molecular weight is 364 g/mol. The van der Waals surface area contributed by atoms with Crippen molar-refractivity contribution in [3.63, 3.8) is 0 Å². The fourth-order valence-electron chi connectivity index (χ4n) is 3.61. The van der Waals surface area contributed by atoms with Gasteiger partial charge in [0.05, 0.1) is 7.11 Å². The SMILES string of the molecule is CCC1CCCCN1CCNC(=O)c1sc2ccc(F)cc2c1OC. The van der Waals surface area contributed by atoms with Crippen molar-refractivity contribution in [3.05, 3.63) is 28.9 Å². The van der Waals surface area contributed by atoms with Gasteiger partial charge in [-0.2, -0.15) is 0 Å². The van der Waals surface area contributed by atoms with E-state index in [2.05, 4.69) is 17.1 Å². The maximum Gasteiger partial charge on any atom is 0.265 e. The fourth-order valence-corrected chi connectivity index (χ4v) is 4.68. The van der Waals surface area contributed by atoms with Gasteiger partial charge in [0.1, 0.15) is 16.4 Å². The lowest BCUT2D eigenvalue weighted by Gasteiger charge is -2.35. The number of nitrogens with one attached hydrogen (secondary N) is 1. The lowest BCUT2D eigenvalue weighted by atomic mass is 10.0. The number of benzene rings is 1. The lowest BCUT2D eigenvalue weighted by Crippen LogP contribution is -2.43. The summed E-state index contributed by atoms with van der Waals surface area (Å²) in [5.41, 5.74) is 0. The van der Waals surface area contributed by atoms with Crippen molar-refractivity contribution in [3.8, 4) is 5.75 Å². The second kappa shape index (κ2) is 8.15. The fraction of sp³-hybridized carbons (Fsp3) is 0.526. The predicted octanol–water partition coefficient (Wildman–Crippen LogP) is 4.04. The van der Waals surface area contributed by atoms with E-state index in [4.69, 9.17) is 4.74 Å². The van der Waals surface area contributed by atoms with Crippen molar-refractivity contribution >= 4 is 27.3 Å². The summed E-state index contributed by atoms with van der Waals surface area (Å²) < 4.78 is 19.7. The third-order valence-electron chi connectivity index (χ3n) is 4.92. The van der Waals surface area contributed by atoms with Crippen LogP contribution >= 0.6 is 11.3 Å². The number of thiophene rings is 1. The highest BCUT2D eigenvalue weighted by molar-refractivity contribution is 7.21. The number of carbonyl (C=O) groups is 1. The molecule has 4 nitrogen and oxygen atoms in total. The Morgan fingerprint density at radius 1 is 1.44 bits per heavy atom. The number of hydrogen-bond acceptors (Lipinski definition) is 4. The van der Waals surface area contributed by atoms with E-state index in [1.807, 2.05) is 0 Å². The molecule has 1 aromatic heterocycles. The molecule has 1 fully saturated rings. The number of piperidine rings is 1. The van der Waals surface area contributed by atoms with Crippen molar-refractivity contribution < 1.29 is 13.9 Å². The Kier molecular flexibility index (Phi) is 5.91. The summed E-state index contributed by atoms with van der Waals surface area (Å²) in [6, 6.07) is 5.14. The molecule has 136 valence electrons. The maximum atomic E-state index is 13.5. The van der Waals surface area contributed by atoms with Gasteiger partial charge in [-0.25, -0.2) is 4.39 Å². The van der Waals surface area contributed by atoms with Crippen LogP contribution in [0.2, 0.25) is 0 Å². The van der Waals surface area contributed by atoms with Gasteiger partial charge in [0.15, 0.2) is 0 Å². The molecule has 1 aromatic carbocycles. The van der Waals surface area contributed by atoms with Crippen LogP contribution < -0.4 is 10.1 Å². The number of halogens is 1. The summed E-state index contributed by atoms with van der Waals surface area (Å²) in [6.07, 6.45) is 4.95. The van der Waals surface area contributed by atoms with Crippen LogP contribution in [0.25, 0.3) is 10.1 Å². The summed E-state index contributed by atoms with van der Waals surface area (Å²) in [4.78, 5) is 15.6. The highest BCUT2D eigenvalue weighted by Crippen LogP contribution is 2.37. The van der Waals surface area contributed by atoms with E-state index in [0.29, 0.717) is 28.6 Å². The van der Waals surface area contributed by atoms with Crippen LogP contribution in [0.3, 0.4) is 0 Å². The Balaban J connectivity index is 1.66. The second-order valence-corrected chi connectivity index (χ2v) is 7.51. The van der Waals surface area contributed by atoms with E-state index < -0.39 is 0 Å². The van der Waals surface area contributed by atoms with Crippen LogP contribution in [0.4, 0.5) is 4.39 Å². The number of ether oxygens (including phenoxy) is 1. The van der Waals surface area contributed by atoms with Crippen LogP contribution in [0.1, 0.15) is 42.3 Å². The van der Waals surface area contributed by atoms with Gasteiger partial charge in [-0.3, -0.25) is 9.69 Å². The first-order valence-electron chi connectivity index (χ1n) is 8.92. The molecule has 3 rings (SSSR count). The second-order valence-electron chi connectivity index (χ2n) is 6.45. The van der Waals surface area contributed by atoms with E-state index in [1.165, 1.54) is 49.8 Å². The Bertz CT molecular complexity index is 746. The van der Waals surface area contributed by atoms with Gasteiger partial charge in [0.2, 0.25) is 0 Å². The van der Waals surface area contributed by atoms with Gasteiger partial charge in [-0.15, -0.1) is 11.3 Å². The van der Waals surface area contributed by atoms with Gasteiger partial charge >= 0.3 is 0 Å². The molecule has 2 aromatic rings. The Labute approximate surface area is 152 Å². The van der Waals surface area contributed by atoms with Crippen molar-refractivity contribution in [2.45, 2.75) is 38.6 Å². The molecule has 1 amide bonds. The van der Waals surface area contributed by atoms with Gasteiger partial charge in [-0.1, -0.05) is 13.3 Å². The Morgan fingerprint density at radius 3 is 3.04 bits per heavy atom. The highest BCUT2D eigenvalue weighted by Gasteiger charge is 2.22. The van der Waals surface area contributed by atoms with Gasteiger partial charge in [0, 0.05) is 29.2 Å². The molecular formula is C19H25FN2O2S. The Hall–Kier alpha value is -1.66. The summed E-state index contributed by atoms with van der Waals surface area (Å²) in [5, 5.41) is 3.65. The molecule has 0 aliphatic carbocycles. The monoisotopic (exact) mass is 364 g/mol. The van der Waals surface area contributed by atoms with Crippen LogP contribution in [-0.4, -0.2) is 43.6 Å². The van der Waals surface area contributed by atoms with E-state index in [-0.39, 0.29) is 11.7 Å². The number of hydrogen-bond donors (Lipinski definition) is 1. The summed E-state index contributed by atoms with van der Waals surface area (Å²) in [5.74, 6) is -0.0174. The molecule has 25 heavy (non-hydrogen) atoms. The third-order valence-corrected chi connectivity index (χ3v) is 6.07. The van der Waals surface area contributed by atoms with Crippen LogP contribution in [0, 0.1) is 5.82 Å². The molecule has 1 aliphatic rings. The number of methoxy groups -OCH3 is 1. The first kappa shape index (κ1) is 18.1. The number of rotatable bonds is 6. The van der Waals surface area contributed by atoms with Gasteiger partial charge in [0.25, 0.3) is 5.91 Å². The molecule has 0 bridgehead atoms. The van der Waals surface area contributed by atoms with E-state index >= 15 is 0 Å². The molecule has 1 unspecified atom stereocenters. The predicted molar refractivity (Wildman–Crippen MR) is 100 cm³/mol. The average Bonchev–Trinajstić information content (AvgIpc) is 2.99. The van der Waals surface area contributed by atoms with Crippen molar-refractivity contribution in [2.24, 2.45) is 0 Å². The van der Waals surface area contributed by atoms with Crippen LogP contribution in [-0.2, 0) is 0 Å². The number of amides is 1. The minimum absolute atomic E-state index is 0.150. The molecule has 1 N–H and O–H groups in total. The van der Waals surface area contributed by atoms with Crippen molar-refractivity contribution in [1.29, 1.82) is 0 Å². The Morgan fingerprint density at radius 2 is 2.28 bits per heavy atom. The number of nitrogens with zero attached hydrogens (tertiary/aromatic N) is 1. The van der Waals surface area contributed by atoms with E-state index in [1.54, 1.807) is 6.07 Å². The molecule has 0 spiro atoms. The first-order valence-corrected chi connectivity index (χ1v) is 9.74. The van der Waals surface area contributed by atoms with E-state index in [9.17, 15) is 9.18 Å². The molecule has 1 atom stereocenters. The zero-order valence-corrected chi connectivity index (χ0v) is 15.6. The smallest absolute Gasteiger partial charge is 0.265 e. The first-order chi connectivity index (χ1) is 12.1. The molecule has 0 saturated carbocycles. The molecule has 0 radical (unpaired) electrons. The quantitative estimate of drug-likeness (QED) is 0.841. The minimum atomic E-state index is -0.328. The molecule has 6 heteroatoms. The number of carbonyl (C=O) groups excluding carboxylic acids is 1. The third kappa shape index (κ3) is 3.96. The normalized spacial score (nSPS) is 18.4. The van der Waals surface area contributed by atoms with Gasteiger partial charge < -0.3 is 10.1 Å². The van der Waals surface area contributed by atoms with Crippen LogP contribution in [0.5, 0.6) is 5.75 Å². The largest absolute Gasteiger partial charge is 0.494 e.